The number of hydrogen-bond donors (Lipinski definition) is 1. The lowest BCUT2D eigenvalue weighted by atomic mass is 9.85. The molecule has 2 aliphatic rings. The number of likely N-dealkylation sites (N-methyl/N-ethyl adjacent to an activating group) is 1. The van der Waals surface area contributed by atoms with Crippen molar-refractivity contribution in [1.29, 1.82) is 0 Å². The molecule has 0 saturated carbocycles. The van der Waals surface area contributed by atoms with Crippen LogP contribution in [-0.2, 0) is 14.6 Å². The van der Waals surface area contributed by atoms with Gasteiger partial charge in [-0.25, -0.2) is 17.6 Å². The summed E-state index contributed by atoms with van der Waals surface area (Å²) in [4.78, 5) is 16.2. The fraction of sp³-hybridized carbons (Fsp3) is 0.308. The van der Waals surface area contributed by atoms with E-state index < -0.39 is 27.5 Å². The summed E-state index contributed by atoms with van der Waals surface area (Å²) in [5, 5.41) is 9.43. The molecular weight excluding hydrogens is 730 g/mol. The third kappa shape index (κ3) is 11.6. The van der Waals surface area contributed by atoms with Gasteiger partial charge in [0.15, 0.2) is 9.84 Å². The fourth-order valence-corrected chi connectivity index (χ4v) is 6.73. The topological polar surface area (TPSA) is 81.2 Å². The number of carbonyl (C=O) groups is 1. The van der Waals surface area contributed by atoms with E-state index in [4.69, 9.17) is 16.7 Å². The molecule has 280 valence electrons. The van der Waals surface area contributed by atoms with Crippen LogP contribution in [0.15, 0.2) is 126 Å². The zero-order valence-corrected chi connectivity index (χ0v) is 32.7. The van der Waals surface area contributed by atoms with Crippen LogP contribution in [-0.4, -0.2) is 79.6 Å². The molecule has 0 aliphatic carbocycles. The third-order valence-corrected chi connectivity index (χ3v) is 10.5. The summed E-state index contributed by atoms with van der Waals surface area (Å²) in [5.41, 5.74) is 6.87. The molecule has 0 aromatic heterocycles. The van der Waals surface area contributed by atoms with Crippen LogP contribution >= 0.6 is 20.8 Å². The first-order chi connectivity index (χ1) is 24.2. The predicted molar refractivity (Wildman–Crippen MR) is 207 cm³/mol. The molecule has 1 saturated heterocycles. The van der Waals surface area contributed by atoms with Gasteiger partial charge < -0.3 is 19.8 Å². The number of piperazine rings is 1. The first-order valence-electron chi connectivity index (χ1n) is 16.4. The first kappa shape index (κ1) is 42.5. The number of sulfone groups is 1. The zero-order chi connectivity index (χ0) is 39.0. The number of nitrogens with zero attached hydrogens (tertiary/aromatic N) is 3. The van der Waals surface area contributed by atoms with E-state index in [1.54, 1.807) is 0 Å². The Morgan fingerprint density at radius 3 is 1.96 bits per heavy atom. The van der Waals surface area contributed by atoms with E-state index in [-0.39, 0.29) is 16.9 Å². The molecule has 2 aliphatic heterocycles. The molecule has 1 N–H and O–H groups in total. The monoisotopic (exact) mass is 775 g/mol. The SMILES string of the molecule is C=C(C1=CC=C(C)N([C@@H](c2ccc(P)cc2)C(C)c2ccc(Cl)cc2)C1=C)N1CCN(C)CC1.CC(F)(F)C(=O)O.CS(=O)(=O)c1ccccc1F. The number of hydrogen-bond acceptors (Lipinski definition) is 6. The molecule has 3 atom stereocenters. The third-order valence-electron chi connectivity index (χ3n) is 8.71. The van der Waals surface area contributed by atoms with E-state index in [1.165, 1.54) is 40.3 Å². The van der Waals surface area contributed by atoms with E-state index in [9.17, 15) is 26.4 Å². The van der Waals surface area contributed by atoms with Gasteiger partial charge >= 0.3 is 11.9 Å². The van der Waals surface area contributed by atoms with Gasteiger partial charge in [0.05, 0.1) is 6.04 Å². The molecule has 0 radical (unpaired) electrons. The van der Waals surface area contributed by atoms with Crippen molar-refractivity contribution in [3.8, 4) is 0 Å². The Labute approximate surface area is 312 Å². The number of rotatable bonds is 8. The van der Waals surface area contributed by atoms with Crippen LogP contribution in [0.25, 0.3) is 0 Å². The minimum absolute atomic E-state index is 0.0829. The van der Waals surface area contributed by atoms with Gasteiger partial charge in [-0.2, -0.15) is 8.78 Å². The zero-order valence-electron chi connectivity index (χ0n) is 30.0. The summed E-state index contributed by atoms with van der Waals surface area (Å²) in [6.45, 7) is 18.0. The molecule has 0 amide bonds. The number of carboxylic acids is 1. The summed E-state index contributed by atoms with van der Waals surface area (Å²) in [7, 11) is 1.55. The van der Waals surface area contributed by atoms with Crippen molar-refractivity contribution in [1.82, 2.24) is 14.7 Å². The average molecular weight is 776 g/mol. The van der Waals surface area contributed by atoms with Crippen molar-refractivity contribution in [2.24, 2.45) is 0 Å². The molecule has 7 nitrogen and oxygen atoms in total. The molecule has 0 spiro atoms. The van der Waals surface area contributed by atoms with Gasteiger partial charge in [0.2, 0.25) is 0 Å². The van der Waals surface area contributed by atoms with Gasteiger partial charge in [-0.15, -0.1) is 9.24 Å². The van der Waals surface area contributed by atoms with Crippen molar-refractivity contribution >= 4 is 42.0 Å². The van der Waals surface area contributed by atoms with E-state index in [0.717, 1.165) is 60.5 Å². The fourth-order valence-electron chi connectivity index (χ4n) is 5.67. The Morgan fingerprint density at radius 1 is 0.962 bits per heavy atom. The van der Waals surface area contributed by atoms with Crippen molar-refractivity contribution in [3.05, 3.63) is 143 Å². The Hall–Kier alpha value is -3.89. The van der Waals surface area contributed by atoms with Crippen molar-refractivity contribution in [2.75, 3.05) is 39.5 Å². The van der Waals surface area contributed by atoms with Gasteiger partial charge in [0.25, 0.3) is 0 Å². The number of aliphatic carboxylic acids is 1. The van der Waals surface area contributed by atoms with Gasteiger partial charge in [-0.05, 0) is 66.8 Å². The second-order valence-electron chi connectivity index (χ2n) is 12.8. The summed E-state index contributed by atoms with van der Waals surface area (Å²) in [6.07, 6.45) is 5.37. The lowest BCUT2D eigenvalue weighted by molar-refractivity contribution is -0.161. The number of benzene rings is 3. The van der Waals surface area contributed by atoms with Crippen LogP contribution in [0.3, 0.4) is 0 Å². The predicted octanol–water partition coefficient (Wildman–Crippen LogP) is 8.06. The van der Waals surface area contributed by atoms with Gasteiger partial charge in [0, 0.05) is 73.0 Å². The van der Waals surface area contributed by atoms with Crippen molar-refractivity contribution in [3.63, 3.8) is 0 Å². The Bertz CT molecular complexity index is 1910. The smallest absolute Gasteiger partial charge is 0.374 e. The number of carboxylic acid groups (broad SMARTS) is 1. The maximum atomic E-state index is 12.7. The quantitative estimate of drug-likeness (QED) is 0.232. The van der Waals surface area contributed by atoms with Crippen LogP contribution < -0.4 is 5.30 Å². The Balaban J connectivity index is 0.000000332. The summed E-state index contributed by atoms with van der Waals surface area (Å²) < 4.78 is 56.8. The maximum Gasteiger partial charge on any atom is 0.374 e. The van der Waals surface area contributed by atoms with Crippen molar-refractivity contribution in [2.45, 2.75) is 43.5 Å². The maximum absolute atomic E-state index is 12.7. The van der Waals surface area contributed by atoms with Gasteiger partial charge in [-0.1, -0.05) is 80.2 Å². The Morgan fingerprint density at radius 2 is 1.48 bits per heavy atom. The summed E-state index contributed by atoms with van der Waals surface area (Å²) in [6, 6.07) is 22.4. The Kier molecular flexibility index (Phi) is 14.9. The molecule has 3 aromatic carbocycles. The molecule has 52 heavy (non-hydrogen) atoms. The molecule has 0 bridgehead atoms. The van der Waals surface area contributed by atoms with E-state index in [2.05, 4.69) is 107 Å². The minimum atomic E-state index is -3.58. The van der Waals surface area contributed by atoms with Gasteiger partial charge in [0.1, 0.15) is 10.7 Å². The lowest BCUT2D eigenvalue weighted by Crippen LogP contribution is -2.44. The van der Waals surface area contributed by atoms with E-state index in [1.807, 2.05) is 12.1 Å². The molecule has 3 aromatic rings. The molecule has 13 heteroatoms. The highest BCUT2D eigenvalue weighted by Crippen LogP contribution is 2.44. The van der Waals surface area contributed by atoms with E-state index in [0.29, 0.717) is 6.92 Å². The average Bonchev–Trinajstić information content (AvgIpc) is 3.07. The molecule has 5 rings (SSSR count). The van der Waals surface area contributed by atoms with Crippen LogP contribution in [0.4, 0.5) is 13.2 Å². The summed E-state index contributed by atoms with van der Waals surface area (Å²) in [5.74, 6) is -6.16. The minimum Gasteiger partial charge on any atom is -0.477 e. The largest absolute Gasteiger partial charge is 0.477 e. The molecular formula is C39H46ClF3N3O4PS. The summed E-state index contributed by atoms with van der Waals surface area (Å²) >= 11 is 6.20. The standard InChI is InChI=1S/C29H35ClN3P.C7H7FO2S.C3H4F2O2/c1-20-6-15-28(22(3)32-18-16-31(5)17-19-32)23(4)33(20)29(25-9-13-27(34)14-10-25)21(2)24-7-11-26(30)12-8-24;1-11(9,10)7-5-3-2-4-6(7)8;1-3(4,5)2(6)7/h6-15,21,29H,3-4,16-19,34H2,1-2,5H3;2-5H,1H3;1H3,(H,6,7)/t21?,29-;;/m1../s1. The second-order valence-corrected chi connectivity index (χ2v) is 15.9. The van der Waals surface area contributed by atoms with Crippen LogP contribution in [0.1, 0.15) is 43.9 Å². The molecule has 1 fully saturated rings. The van der Waals surface area contributed by atoms with Crippen LogP contribution in [0.5, 0.6) is 0 Å². The van der Waals surface area contributed by atoms with Crippen LogP contribution in [0, 0.1) is 5.82 Å². The lowest BCUT2D eigenvalue weighted by Gasteiger charge is -2.43. The number of allylic oxidation sites excluding steroid dienone is 3. The molecule has 2 heterocycles. The highest BCUT2D eigenvalue weighted by Gasteiger charge is 2.33. The van der Waals surface area contributed by atoms with E-state index >= 15 is 0 Å². The highest BCUT2D eigenvalue weighted by atomic mass is 35.5. The van der Waals surface area contributed by atoms with Crippen molar-refractivity contribution < 1.29 is 31.5 Å². The molecule has 2 unspecified atom stereocenters. The normalized spacial score (nSPS) is 16.3. The second kappa shape index (κ2) is 18.2. The number of halogens is 4. The number of alkyl halides is 2. The van der Waals surface area contributed by atoms with Gasteiger partial charge in [-0.3, -0.25) is 0 Å². The first-order valence-corrected chi connectivity index (χ1v) is 19.2. The van der Waals surface area contributed by atoms with Crippen LogP contribution in [0.2, 0.25) is 5.02 Å². The highest BCUT2D eigenvalue weighted by molar-refractivity contribution is 7.90.